The first-order chi connectivity index (χ1) is 4.20. The van der Waals surface area contributed by atoms with E-state index < -0.39 is 0 Å². The lowest BCUT2D eigenvalue weighted by molar-refractivity contribution is -0.589. The van der Waals surface area contributed by atoms with Crippen LogP contribution in [0.2, 0.25) is 5.02 Å². The molecule has 0 amide bonds. The summed E-state index contributed by atoms with van der Waals surface area (Å²) in [6.07, 6.45) is 1.21. The third-order valence-corrected chi connectivity index (χ3v) is 1.13. The van der Waals surface area contributed by atoms with Crippen LogP contribution in [0.1, 0.15) is 0 Å². The Labute approximate surface area is 69.4 Å². The number of nitrogen functional groups attached to an aromatic ring is 1. The second kappa shape index (κ2) is 3.49. The highest BCUT2D eigenvalue weighted by molar-refractivity contribution is 6.30. The van der Waals surface area contributed by atoms with Gasteiger partial charge in [-0.3, -0.25) is 5.73 Å². The number of hydrogen-bond acceptors (Lipinski definition) is 2. The SMILES string of the molecule is Cl.Nc1ccc(Cl)c[n+]1[O-]. The Kier molecular flexibility index (Phi) is 3.25. The Bertz CT molecular complexity index is 229. The summed E-state index contributed by atoms with van der Waals surface area (Å²) in [5, 5.41) is 10.9. The van der Waals surface area contributed by atoms with Crippen LogP contribution in [0.3, 0.4) is 0 Å². The summed E-state index contributed by atoms with van der Waals surface area (Å²) in [6.45, 7) is 0. The maximum atomic E-state index is 10.5. The molecule has 3 nitrogen and oxygen atoms in total. The van der Waals surface area contributed by atoms with Crippen molar-refractivity contribution < 1.29 is 4.73 Å². The molecule has 0 saturated carbocycles. The number of nitrogens with two attached hydrogens (primary N) is 1. The van der Waals surface area contributed by atoms with Crippen LogP contribution in [-0.4, -0.2) is 0 Å². The first kappa shape index (κ1) is 9.33. The molecule has 0 atom stereocenters. The van der Waals surface area contributed by atoms with Gasteiger partial charge in [-0.15, -0.1) is 12.4 Å². The molecule has 2 N–H and O–H groups in total. The number of rotatable bonds is 0. The third-order valence-electron chi connectivity index (χ3n) is 0.908. The van der Waals surface area contributed by atoms with E-state index in [2.05, 4.69) is 0 Å². The molecule has 0 aliphatic carbocycles. The van der Waals surface area contributed by atoms with Crippen molar-refractivity contribution in [2.45, 2.75) is 0 Å². The van der Waals surface area contributed by atoms with Crippen molar-refractivity contribution in [3.05, 3.63) is 28.6 Å². The first-order valence-corrected chi connectivity index (χ1v) is 2.72. The molecular weight excluding hydrogens is 175 g/mol. The largest absolute Gasteiger partial charge is 0.711 e. The summed E-state index contributed by atoms with van der Waals surface area (Å²) in [7, 11) is 0. The number of anilines is 1. The van der Waals surface area contributed by atoms with E-state index in [1.165, 1.54) is 12.3 Å². The van der Waals surface area contributed by atoms with Crippen LogP contribution in [0.15, 0.2) is 18.3 Å². The summed E-state index contributed by atoms with van der Waals surface area (Å²) < 4.78 is 0.516. The van der Waals surface area contributed by atoms with E-state index in [9.17, 15) is 5.21 Å². The number of nitrogens with zero attached hydrogens (tertiary/aromatic N) is 1. The van der Waals surface area contributed by atoms with E-state index in [1.807, 2.05) is 0 Å². The van der Waals surface area contributed by atoms with E-state index in [1.54, 1.807) is 6.07 Å². The van der Waals surface area contributed by atoms with Gasteiger partial charge in [-0.1, -0.05) is 11.6 Å². The molecule has 56 valence electrons. The molecule has 10 heavy (non-hydrogen) atoms. The van der Waals surface area contributed by atoms with Crippen molar-refractivity contribution in [2.24, 2.45) is 0 Å². The highest BCUT2D eigenvalue weighted by atomic mass is 35.5. The van der Waals surface area contributed by atoms with Gasteiger partial charge < -0.3 is 5.21 Å². The number of aromatic nitrogens is 1. The fourth-order valence-corrected chi connectivity index (χ4v) is 0.620. The molecule has 0 radical (unpaired) electrons. The molecule has 1 rings (SSSR count). The lowest BCUT2D eigenvalue weighted by atomic mass is 10.5. The van der Waals surface area contributed by atoms with Gasteiger partial charge in [-0.25, -0.2) is 4.73 Å². The fraction of sp³-hybridized carbons (Fsp3) is 0. The third kappa shape index (κ3) is 1.93. The highest BCUT2D eigenvalue weighted by Crippen LogP contribution is 2.04. The standard InChI is InChI=1S/C5H5ClN2O.ClH/c6-4-1-2-5(7)8(9)3-4;/h1-3H,7H2;1H. The Hall–Kier alpha value is -0.670. The minimum absolute atomic E-state index is 0. The van der Waals surface area contributed by atoms with E-state index in [-0.39, 0.29) is 18.2 Å². The molecule has 1 heterocycles. The molecule has 0 aliphatic rings. The van der Waals surface area contributed by atoms with E-state index in [0.29, 0.717) is 9.75 Å². The van der Waals surface area contributed by atoms with Crippen molar-refractivity contribution in [3.8, 4) is 0 Å². The van der Waals surface area contributed by atoms with Crippen LogP contribution in [0, 0.1) is 5.21 Å². The van der Waals surface area contributed by atoms with Crippen LogP contribution in [0.4, 0.5) is 5.82 Å². The minimum atomic E-state index is 0. The predicted molar refractivity (Wildman–Crippen MR) is 42.1 cm³/mol. The van der Waals surface area contributed by atoms with E-state index in [0.717, 1.165) is 0 Å². The fourth-order valence-electron chi connectivity index (χ4n) is 0.468. The zero-order valence-electron chi connectivity index (χ0n) is 4.95. The Morgan fingerprint density at radius 3 is 2.50 bits per heavy atom. The van der Waals surface area contributed by atoms with Gasteiger partial charge in [-0.2, -0.15) is 0 Å². The summed E-state index contributed by atoms with van der Waals surface area (Å²) >= 11 is 5.44. The number of hydrogen-bond donors (Lipinski definition) is 1. The van der Waals surface area contributed by atoms with Gasteiger partial charge >= 0.3 is 0 Å². The molecule has 0 unspecified atom stereocenters. The Balaban J connectivity index is 0.000000810. The van der Waals surface area contributed by atoms with Gasteiger partial charge in [-0.05, 0) is 6.07 Å². The van der Waals surface area contributed by atoms with Gasteiger partial charge in [0.25, 0.3) is 5.82 Å². The van der Waals surface area contributed by atoms with Crippen molar-refractivity contribution in [2.75, 3.05) is 5.73 Å². The molecule has 0 aliphatic heterocycles. The van der Waals surface area contributed by atoms with Gasteiger partial charge in [0.15, 0.2) is 0 Å². The molecule has 1 aromatic rings. The molecular formula is C5H6Cl2N2O. The van der Waals surface area contributed by atoms with Crippen LogP contribution in [-0.2, 0) is 0 Å². The molecule has 1 aromatic heterocycles. The monoisotopic (exact) mass is 180 g/mol. The highest BCUT2D eigenvalue weighted by Gasteiger charge is 1.94. The minimum Gasteiger partial charge on any atom is -0.711 e. The second-order valence-corrected chi connectivity index (χ2v) is 2.03. The average Bonchev–Trinajstić information content (AvgIpc) is 1.80. The van der Waals surface area contributed by atoms with Crippen molar-refractivity contribution in [1.82, 2.24) is 0 Å². The van der Waals surface area contributed by atoms with Gasteiger partial charge in [0.2, 0.25) is 0 Å². The lowest BCUT2D eigenvalue weighted by Gasteiger charge is -2.02. The quantitative estimate of drug-likeness (QED) is 0.479. The maximum Gasteiger partial charge on any atom is 0.275 e. The summed E-state index contributed by atoms with van der Waals surface area (Å²) in [5.74, 6) is 0.152. The molecule has 0 spiro atoms. The summed E-state index contributed by atoms with van der Waals surface area (Å²) in [6, 6.07) is 3.01. The molecule has 0 aromatic carbocycles. The average molecular weight is 181 g/mol. The smallest absolute Gasteiger partial charge is 0.275 e. The molecule has 0 fully saturated rings. The molecule has 0 saturated heterocycles. The Morgan fingerprint density at radius 1 is 1.50 bits per heavy atom. The van der Waals surface area contributed by atoms with E-state index >= 15 is 0 Å². The number of pyridine rings is 1. The predicted octanol–water partition coefficient (Wildman–Crippen LogP) is 0.977. The van der Waals surface area contributed by atoms with Crippen molar-refractivity contribution >= 4 is 29.8 Å². The zero-order valence-corrected chi connectivity index (χ0v) is 6.52. The van der Waals surface area contributed by atoms with Gasteiger partial charge in [0.1, 0.15) is 6.20 Å². The zero-order chi connectivity index (χ0) is 6.85. The maximum absolute atomic E-state index is 10.5. The normalized spacial score (nSPS) is 8.50. The number of halogens is 2. The van der Waals surface area contributed by atoms with Crippen LogP contribution in [0.5, 0.6) is 0 Å². The lowest BCUT2D eigenvalue weighted by Crippen LogP contribution is -2.29. The van der Waals surface area contributed by atoms with Crippen molar-refractivity contribution in [1.29, 1.82) is 0 Å². The van der Waals surface area contributed by atoms with Gasteiger partial charge in [0, 0.05) is 6.07 Å². The van der Waals surface area contributed by atoms with Crippen LogP contribution in [0.25, 0.3) is 0 Å². The summed E-state index contributed by atoms with van der Waals surface area (Å²) in [4.78, 5) is 0. The summed E-state index contributed by atoms with van der Waals surface area (Å²) in [5.41, 5.74) is 5.18. The van der Waals surface area contributed by atoms with Gasteiger partial charge in [0.05, 0.1) is 5.02 Å². The van der Waals surface area contributed by atoms with Crippen molar-refractivity contribution in [3.63, 3.8) is 0 Å². The van der Waals surface area contributed by atoms with Crippen LogP contribution >= 0.6 is 24.0 Å². The van der Waals surface area contributed by atoms with E-state index in [4.69, 9.17) is 17.3 Å². The second-order valence-electron chi connectivity index (χ2n) is 1.60. The van der Waals surface area contributed by atoms with Crippen LogP contribution < -0.4 is 10.5 Å². The first-order valence-electron chi connectivity index (χ1n) is 2.34. The molecule has 5 heteroatoms. The molecule has 0 bridgehead atoms. The topological polar surface area (TPSA) is 53.0 Å². The Morgan fingerprint density at radius 2 is 2.10 bits per heavy atom.